The fourth-order valence-corrected chi connectivity index (χ4v) is 1.68. The molecule has 3 N–H and O–H groups in total. The fourth-order valence-electron chi connectivity index (χ4n) is 1.68. The van der Waals surface area contributed by atoms with E-state index in [1.165, 1.54) is 0 Å². The molecule has 20 heavy (non-hydrogen) atoms. The molecule has 0 heterocycles. The topological polar surface area (TPSA) is 73.9 Å². The quantitative estimate of drug-likeness (QED) is 0.762. The maximum atomic E-state index is 9.80. The minimum absolute atomic E-state index is 0.0843. The third-order valence-corrected chi connectivity index (χ3v) is 2.76. The maximum absolute atomic E-state index is 9.80. The molecule has 0 amide bonds. The molecule has 1 aromatic carbocycles. The number of hydrogen-bond donors (Lipinski definition) is 2. The van der Waals surface area contributed by atoms with E-state index in [-0.39, 0.29) is 25.4 Å². The summed E-state index contributed by atoms with van der Waals surface area (Å²) in [4.78, 5) is 0. The van der Waals surface area contributed by atoms with Crippen LogP contribution in [0, 0.1) is 0 Å². The molecule has 0 aliphatic rings. The van der Waals surface area contributed by atoms with Crippen molar-refractivity contribution in [2.75, 3.05) is 20.3 Å². The Bertz CT molecular complexity index is 407. The van der Waals surface area contributed by atoms with Crippen LogP contribution in [-0.4, -0.2) is 37.6 Å². The van der Waals surface area contributed by atoms with Gasteiger partial charge in [-0.2, -0.15) is 0 Å². The van der Waals surface area contributed by atoms with Gasteiger partial charge in [-0.3, -0.25) is 0 Å². The van der Waals surface area contributed by atoms with Crippen LogP contribution in [0.1, 0.15) is 32.4 Å². The lowest BCUT2D eigenvalue weighted by Gasteiger charge is -2.18. The summed E-state index contributed by atoms with van der Waals surface area (Å²) in [5.41, 5.74) is 6.78. The van der Waals surface area contributed by atoms with Crippen LogP contribution in [-0.2, 0) is 4.74 Å². The highest BCUT2D eigenvalue weighted by Gasteiger charge is 2.12. The molecule has 0 saturated carbocycles. The van der Waals surface area contributed by atoms with E-state index in [0.29, 0.717) is 11.5 Å². The van der Waals surface area contributed by atoms with Gasteiger partial charge in [-0.15, -0.1) is 0 Å². The van der Waals surface area contributed by atoms with Crippen LogP contribution >= 0.6 is 0 Å². The SMILES string of the molecule is COc1ccc([C@@H](C)N)c(OCC(O)COC(C)C)c1. The van der Waals surface area contributed by atoms with Crippen LogP contribution in [0.15, 0.2) is 18.2 Å². The molecule has 5 nitrogen and oxygen atoms in total. The van der Waals surface area contributed by atoms with Crippen LogP contribution in [0.25, 0.3) is 0 Å². The summed E-state index contributed by atoms with van der Waals surface area (Å²) in [5.74, 6) is 1.32. The Morgan fingerprint density at radius 3 is 2.45 bits per heavy atom. The van der Waals surface area contributed by atoms with E-state index in [4.69, 9.17) is 19.9 Å². The summed E-state index contributed by atoms with van der Waals surface area (Å²) in [6.07, 6.45) is -0.592. The zero-order chi connectivity index (χ0) is 15.1. The van der Waals surface area contributed by atoms with Crippen LogP contribution in [0.3, 0.4) is 0 Å². The number of rotatable bonds is 8. The average Bonchev–Trinajstić information content (AvgIpc) is 2.42. The van der Waals surface area contributed by atoms with E-state index in [0.717, 1.165) is 5.56 Å². The van der Waals surface area contributed by atoms with Crippen molar-refractivity contribution in [1.82, 2.24) is 0 Å². The Balaban J connectivity index is 2.65. The van der Waals surface area contributed by atoms with Crippen molar-refractivity contribution in [3.8, 4) is 11.5 Å². The van der Waals surface area contributed by atoms with Gasteiger partial charge in [0, 0.05) is 17.7 Å². The second kappa shape index (κ2) is 8.09. The average molecular weight is 283 g/mol. The predicted octanol–water partition coefficient (Wildman–Crippen LogP) is 1.88. The van der Waals surface area contributed by atoms with E-state index in [9.17, 15) is 5.11 Å². The molecule has 0 aromatic heterocycles. The molecule has 1 rings (SSSR count). The van der Waals surface area contributed by atoms with E-state index in [1.54, 1.807) is 13.2 Å². The minimum Gasteiger partial charge on any atom is -0.497 e. The molecule has 0 saturated heterocycles. The summed E-state index contributed by atoms with van der Waals surface area (Å²) in [7, 11) is 1.59. The smallest absolute Gasteiger partial charge is 0.127 e. The summed E-state index contributed by atoms with van der Waals surface area (Å²) in [5, 5.41) is 9.80. The molecule has 2 atom stereocenters. The highest BCUT2D eigenvalue weighted by molar-refractivity contribution is 5.42. The van der Waals surface area contributed by atoms with Gasteiger partial charge >= 0.3 is 0 Å². The van der Waals surface area contributed by atoms with Gasteiger partial charge in [0.25, 0.3) is 0 Å². The van der Waals surface area contributed by atoms with Crippen LogP contribution in [0.5, 0.6) is 11.5 Å². The van der Waals surface area contributed by atoms with Gasteiger partial charge in [0.1, 0.15) is 24.2 Å². The lowest BCUT2D eigenvalue weighted by atomic mass is 10.1. The Morgan fingerprint density at radius 1 is 1.20 bits per heavy atom. The second-order valence-electron chi connectivity index (χ2n) is 5.04. The number of aliphatic hydroxyl groups is 1. The number of hydrogen-bond acceptors (Lipinski definition) is 5. The van der Waals surface area contributed by atoms with Crippen molar-refractivity contribution < 1.29 is 19.3 Å². The highest BCUT2D eigenvalue weighted by atomic mass is 16.5. The molecule has 1 unspecified atom stereocenters. The van der Waals surface area contributed by atoms with E-state index >= 15 is 0 Å². The van der Waals surface area contributed by atoms with Gasteiger partial charge in [-0.05, 0) is 26.8 Å². The third kappa shape index (κ3) is 5.36. The molecule has 5 heteroatoms. The summed E-state index contributed by atoms with van der Waals surface area (Å²) in [6.45, 7) is 6.12. The summed E-state index contributed by atoms with van der Waals surface area (Å²) in [6, 6.07) is 5.33. The van der Waals surface area contributed by atoms with Crippen molar-refractivity contribution in [2.45, 2.75) is 39.0 Å². The Morgan fingerprint density at radius 2 is 1.90 bits per heavy atom. The number of nitrogens with two attached hydrogens (primary N) is 1. The molecule has 0 radical (unpaired) electrons. The fraction of sp³-hybridized carbons (Fsp3) is 0.600. The number of ether oxygens (including phenoxy) is 3. The predicted molar refractivity (Wildman–Crippen MR) is 78.2 cm³/mol. The van der Waals surface area contributed by atoms with E-state index in [2.05, 4.69) is 0 Å². The summed E-state index contributed by atoms with van der Waals surface area (Å²) >= 11 is 0. The van der Waals surface area contributed by atoms with Gasteiger partial charge in [-0.1, -0.05) is 6.07 Å². The van der Waals surface area contributed by atoms with Crippen LogP contribution in [0.4, 0.5) is 0 Å². The lowest BCUT2D eigenvalue weighted by molar-refractivity contribution is -0.0124. The number of aliphatic hydroxyl groups excluding tert-OH is 1. The minimum atomic E-state index is -0.676. The molecule has 1 aromatic rings. The standard InChI is InChI=1S/C15H25NO4/c1-10(2)19-8-12(17)9-20-15-7-13(18-4)5-6-14(15)11(3)16/h5-7,10-12,17H,8-9,16H2,1-4H3/t11-,12?/m1/s1. The Kier molecular flexibility index (Phi) is 6.78. The molecule has 0 aliphatic heterocycles. The molecule has 0 bridgehead atoms. The Hall–Kier alpha value is -1.30. The summed E-state index contributed by atoms with van der Waals surface area (Å²) < 4.78 is 16.1. The normalized spacial score (nSPS) is 14.2. The number of benzene rings is 1. The largest absolute Gasteiger partial charge is 0.497 e. The molecule has 0 spiro atoms. The van der Waals surface area contributed by atoms with Crippen molar-refractivity contribution in [3.05, 3.63) is 23.8 Å². The van der Waals surface area contributed by atoms with Gasteiger partial charge < -0.3 is 25.1 Å². The highest BCUT2D eigenvalue weighted by Crippen LogP contribution is 2.28. The Labute approximate surface area is 120 Å². The lowest BCUT2D eigenvalue weighted by Crippen LogP contribution is -2.25. The van der Waals surface area contributed by atoms with Crippen molar-refractivity contribution >= 4 is 0 Å². The monoisotopic (exact) mass is 283 g/mol. The molecule has 0 fully saturated rings. The first-order chi connectivity index (χ1) is 9.43. The molecular formula is C15H25NO4. The van der Waals surface area contributed by atoms with Gasteiger partial charge in [0.05, 0.1) is 19.8 Å². The first-order valence-corrected chi connectivity index (χ1v) is 6.80. The molecule has 114 valence electrons. The van der Waals surface area contributed by atoms with Crippen molar-refractivity contribution in [2.24, 2.45) is 5.73 Å². The first kappa shape index (κ1) is 16.8. The van der Waals surface area contributed by atoms with E-state index in [1.807, 2.05) is 32.9 Å². The van der Waals surface area contributed by atoms with Crippen LogP contribution in [0.2, 0.25) is 0 Å². The zero-order valence-corrected chi connectivity index (χ0v) is 12.6. The molecular weight excluding hydrogens is 258 g/mol. The van der Waals surface area contributed by atoms with Gasteiger partial charge in [0.2, 0.25) is 0 Å². The van der Waals surface area contributed by atoms with Crippen molar-refractivity contribution in [1.29, 1.82) is 0 Å². The van der Waals surface area contributed by atoms with Gasteiger partial charge in [-0.25, -0.2) is 0 Å². The van der Waals surface area contributed by atoms with Gasteiger partial charge in [0.15, 0.2) is 0 Å². The molecule has 0 aliphatic carbocycles. The third-order valence-electron chi connectivity index (χ3n) is 2.76. The van der Waals surface area contributed by atoms with Crippen molar-refractivity contribution in [3.63, 3.8) is 0 Å². The maximum Gasteiger partial charge on any atom is 0.127 e. The van der Waals surface area contributed by atoms with Crippen LogP contribution < -0.4 is 15.2 Å². The first-order valence-electron chi connectivity index (χ1n) is 6.80. The van der Waals surface area contributed by atoms with E-state index < -0.39 is 6.10 Å². The number of methoxy groups -OCH3 is 1. The zero-order valence-electron chi connectivity index (χ0n) is 12.6. The second-order valence-corrected chi connectivity index (χ2v) is 5.04.